The van der Waals surface area contributed by atoms with Gasteiger partial charge in [0.15, 0.2) is 0 Å². The molecule has 1 unspecified atom stereocenters. The van der Waals surface area contributed by atoms with Crippen molar-refractivity contribution in [3.63, 3.8) is 0 Å². The van der Waals surface area contributed by atoms with Crippen molar-refractivity contribution in [1.29, 1.82) is 0 Å². The van der Waals surface area contributed by atoms with E-state index >= 15 is 0 Å². The second kappa shape index (κ2) is 3.04. The summed E-state index contributed by atoms with van der Waals surface area (Å²) in [7, 11) is -1.95. The third-order valence-electron chi connectivity index (χ3n) is 2.22. The van der Waals surface area contributed by atoms with Crippen molar-refractivity contribution in [3.05, 3.63) is 0 Å². The zero-order valence-corrected chi connectivity index (χ0v) is 9.12. The van der Waals surface area contributed by atoms with Crippen LogP contribution in [0, 0.1) is 0 Å². The van der Waals surface area contributed by atoms with Crippen molar-refractivity contribution in [2.24, 2.45) is 0 Å². The maximum Gasteiger partial charge on any atom is 0.0292 e. The van der Waals surface area contributed by atoms with Crippen LogP contribution in [0.25, 0.3) is 0 Å². The Morgan fingerprint density at radius 2 is 1.92 bits per heavy atom. The molecule has 1 aliphatic heterocycles. The van der Waals surface area contributed by atoms with Gasteiger partial charge in [-0.1, -0.05) is 0 Å². The summed E-state index contributed by atoms with van der Waals surface area (Å²) in [6.07, 6.45) is 2.22. The molecule has 0 aromatic heterocycles. The van der Waals surface area contributed by atoms with Crippen LogP contribution in [0.5, 0.6) is 0 Å². The average molecular weight is 189 g/mol. The van der Waals surface area contributed by atoms with E-state index < -0.39 is 9.71 Å². The van der Waals surface area contributed by atoms with Gasteiger partial charge < -0.3 is 0 Å². The molecular weight excluding hydrogens is 170 g/mol. The quantitative estimate of drug-likeness (QED) is 0.529. The van der Waals surface area contributed by atoms with Gasteiger partial charge in [-0.15, -0.1) is 0 Å². The molecule has 1 fully saturated rings. The SMILES string of the molecule is C=S1(=O)CCCCN1C(C)(C)C. The summed E-state index contributed by atoms with van der Waals surface area (Å²) in [5.41, 5.74) is -0.000741. The minimum absolute atomic E-state index is 0.000741. The van der Waals surface area contributed by atoms with Gasteiger partial charge in [0, 0.05) is 27.5 Å². The summed E-state index contributed by atoms with van der Waals surface area (Å²) in [6.45, 7) is 7.24. The first-order valence-electron chi connectivity index (χ1n) is 4.47. The summed E-state index contributed by atoms with van der Waals surface area (Å²) < 4.78 is 14.1. The van der Waals surface area contributed by atoms with Gasteiger partial charge in [-0.25, -0.2) is 4.31 Å². The zero-order chi connectivity index (χ0) is 9.41. The largest absolute Gasteiger partial charge is 0.253 e. The molecule has 0 bridgehead atoms. The Balaban J connectivity index is 2.89. The Bertz CT molecular complexity index is 248. The second-order valence-corrected chi connectivity index (χ2v) is 6.85. The summed E-state index contributed by atoms with van der Waals surface area (Å²) in [5, 5.41) is 0. The fraction of sp³-hybridized carbons (Fsp3) is 0.889. The normalized spacial score (nSPS) is 33.6. The number of nitrogens with zero attached hydrogens (tertiary/aromatic N) is 1. The van der Waals surface area contributed by atoms with Crippen LogP contribution < -0.4 is 0 Å². The van der Waals surface area contributed by atoms with Crippen LogP contribution in [-0.4, -0.2) is 32.2 Å². The van der Waals surface area contributed by atoms with Crippen molar-refractivity contribution < 1.29 is 4.21 Å². The molecule has 0 N–H and O–H groups in total. The minimum atomic E-state index is -1.95. The van der Waals surface area contributed by atoms with Crippen LogP contribution in [0.1, 0.15) is 33.6 Å². The molecule has 0 aromatic rings. The van der Waals surface area contributed by atoms with E-state index in [2.05, 4.69) is 30.9 Å². The number of rotatable bonds is 0. The van der Waals surface area contributed by atoms with Crippen LogP contribution in [0.2, 0.25) is 0 Å². The molecule has 1 saturated heterocycles. The maximum absolute atomic E-state index is 12.0. The molecule has 12 heavy (non-hydrogen) atoms. The lowest BCUT2D eigenvalue weighted by Crippen LogP contribution is -2.49. The molecular formula is C9H19NOS. The van der Waals surface area contributed by atoms with E-state index in [0.29, 0.717) is 0 Å². The van der Waals surface area contributed by atoms with Gasteiger partial charge in [0.25, 0.3) is 0 Å². The van der Waals surface area contributed by atoms with Crippen molar-refractivity contribution in [1.82, 2.24) is 4.31 Å². The highest BCUT2D eigenvalue weighted by molar-refractivity contribution is 7.98. The van der Waals surface area contributed by atoms with Gasteiger partial charge in [-0.2, -0.15) is 0 Å². The summed E-state index contributed by atoms with van der Waals surface area (Å²) in [4.78, 5) is 0. The average Bonchev–Trinajstić information content (AvgIpc) is 1.83. The first kappa shape index (κ1) is 10.1. The summed E-state index contributed by atoms with van der Waals surface area (Å²) >= 11 is 0. The van der Waals surface area contributed by atoms with Crippen molar-refractivity contribution >= 4 is 15.6 Å². The molecule has 0 amide bonds. The predicted octanol–water partition coefficient (Wildman–Crippen LogP) is 1.51. The molecule has 0 spiro atoms. The lowest BCUT2D eigenvalue weighted by molar-refractivity contribution is 0.249. The van der Waals surface area contributed by atoms with E-state index in [1.807, 2.05) is 0 Å². The van der Waals surface area contributed by atoms with E-state index in [9.17, 15) is 4.21 Å². The van der Waals surface area contributed by atoms with Gasteiger partial charge in [0.2, 0.25) is 0 Å². The molecule has 0 aromatic carbocycles. The van der Waals surface area contributed by atoms with Crippen molar-refractivity contribution in [2.45, 2.75) is 39.2 Å². The van der Waals surface area contributed by atoms with E-state index in [1.165, 1.54) is 0 Å². The molecule has 1 atom stereocenters. The van der Waals surface area contributed by atoms with E-state index in [1.54, 1.807) is 0 Å². The third-order valence-corrected chi connectivity index (χ3v) is 4.68. The Morgan fingerprint density at radius 1 is 1.33 bits per heavy atom. The smallest absolute Gasteiger partial charge is 0.0292 e. The Hall–Kier alpha value is -0.0200. The van der Waals surface area contributed by atoms with Crippen LogP contribution in [0.3, 0.4) is 0 Å². The monoisotopic (exact) mass is 189 g/mol. The Labute approximate surface area is 76.1 Å². The fourth-order valence-corrected chi connectivity index (χ4v) is 4.03. The molecule has 1 aliphatic rings. The summed E-state index contributed by atoms with van der Waals surface area (Å²) in [5.74, 6) is 4.60. The lowest BCUT2D eigenvalue weighted by atomic mass is 10.1. The maximum atomic E-state index is 12.0. The molecule has 2 nitrogen and oxygen atoms in total. The highest BCUT2D eigenvalue weighted by Gasteiger charge is 2.30. The van der Waals surface area contributed by atoms with Gasteiger partial charge in [-0.05, 0) is 39.5 Å². The predicted molar refractivity (Wildman–Crippen MR) is 55.8 cm³/mol. The molecule has 0 radical (unpaired) electrons. The van der Waals surface area contributed by atoms with E-state index in [4.69, 9.17) is 0 Å². The first-order chi connectivity index (χ1) is 5.34. The standard InChI is InChI=1S/C9H19NOS/c1-9(2,3)10-7-5-6-8-12(10,4)11/h4-8H2,1-3H3. The Morgan fingerprint density at radius 3 is 2.25 bits per heavy atom. The van der Waals surface area contributed by atoms with Gasteiger partial charge in [0.05, 0.1) is 0 Å². The van der Waals surface area contributed by atoms with Crippen LogP contribution in [0.15, 0.2) is 0 Å². The highest BCUT2D eigenvalue weighted by atomic mass is 32.2. The second-order valence-electron chi connectivity index (χ2n) is 4.46. The zero-order valence-electron chi connectivity index (χ0n) is 8.30. The molecule has 72 valence electrons. The Kier molecular flexibility index (Phi) is 2.55. The topological polar surface area (TPSA) is 20.3 Å². The van der Waals surface area contributed by atoms with Crippen LogP contribution in [0.4, 0.5) is 0 Å². The summed E-state index contributed by atoms with van der Waals surface area (Å²) in [6, 6.07) is 0. The molecule has 0 saturated carbocycles. The van der Waals surface area contributed by atoms with Gasteiger partial charge >= 0.3 is 0 Å². The van der Waals surface area contributed by atoms with E-state index in [0.717, 1.165) is 25.1 Å². The van der Waals surface area contributed by atoms with Gasteiger partial charge in [-0.3, -0.25) is 4.21 Å². The third kappa shape index (κ3) is 2.02. The molecule has 3 heteroatoms. The van der Waals surface area contributed by atoms with Crippen LogP contribution >= 0.6 is 0 Å². The molecule has 1 heterocycles. The minimum Gasteiger partial charge on any atom is -0.253 e. The van der Waals surface area contributed by atoms with Crippen molar-refractivity contribution in [3.8, 4) is 0 Å². The highest BCUT2D eigenvalue weighted by Crippen LogP contribution is 2.23. The van der Waals surface area contributed by atoms with E-state index in [-0.39, 0.29) is 5.54 Å². The molecule has 1 rings (SSSR count). The first-order valence-corrected chi connectivity index (χ1v) is 6.32. The lowest BCUT2D eigenvalue weighted by Gasteiger charge is -2.40. The van der Waals surface area contributed by atoms with Crippen LogP contribution in [-0.2, 0) is 9.71 Å². The van der Waals surface area contributed by atoms with Gasteiger partial charge in [0.1, 0.15) is 0 Å². The number of hydrogen-bond acceptors (Lipinski definition) is 1. The fourth-order valence-electron chi connectivity index (χ4n) is 1.69. The number of hydrogen-bond donors (Lipinski definition) is 0. The van der Waals surface area contributed by atoms with Crippen molar-refractivity contribution in [2.75, 3.05) is 12.3 Å². The molecule has 0 aliphatic carbocycles.